The van der Waals surface area contributed by atoms with Crippen molar-refractivity contribution >= 4 is 17.5 Å². The maximum Gasteiger partial charge on any atom is 0.246 e. The summed E-state index contributed by atoms with van der Waals surface area (Å²) in [6, 6.07) is 5.25. The number of rotatable bonds is 7. The van der Waals surface area contributed by atoms with E-state index in [2.05, 4.69) is 19.2 Å². The van der Waals surface area contributed by atoms with Crippen molar-refractivity contribution in [3.63, 3.8) is 0 Å². The molecule has 1 aromatic carbocycles. The predicted molar refractivity (Wildman–Crippen MR) is 97.1 cm³/mol. The van der Waals surface area contributed by atoms with Gasteiger partial charge >= 0.3 is 0 Å². The van der Waals surface area contributed by atoms with Crippen LogP contribution in [-0.2, 0) is 9.59 Å². The van der Waals surface area contributed by atoms with E-state index >= 15 is 0 Å². The summed E-state index contributed by atoms with van der Waals surface area (Å²) in [7, 11) is 3.11. The number of benzene rings is 1. The maximum absolute atomic E-state index is 12.8. The third kappa shape index (κ3) is 3.89. The van der Waals surface area contributed by atoms with E-state index in [-0.39, 0.29) is 11.8 Å². The fourth-order valence-electron chi connectivity index (χ4n) is 3.10. The summed E-state index contributed by atoms with van der Waals surface area (Å²) in [4.78, 5) is 27.0. The van der Waals surface area contributed by atoms with Gasteiger partial charge in [0.15, 0.2) is 0 Å². The molecule has 1 aromatic rings. The van der Waals surface area contributed by atoms with Crippen molar-refractivity contribution < 1.29 is 19.1 Å². The summed E-state index contributed by atoms with van der Waals surface area (Å²) in [5.74, 6) is 1.45. The lowest BCUT2D eigenvalue weighted by Crippen LogP contribution is -2.55. The van der Waals surface area contributed by atoms with Crippen LogP contribution in [0.2, 0.25) is 0 Å². The Labute approximate surface area is 149 Å². The molecule has 0 spiro atoms. The molecule has 0 bridgehead atoms. The normalized spacial score (nSPS) is 20.1. The first-order chi connectivity index (χ1) is 11.8. The number of methoxy groups -OCH3 is 2. The average Bonchev–Trinajstić information content (AvgIpc) is 2.90. The Morgan fingerprint density at radius 3 is 2.64 bits per heavy atom. The number of nitrogens with zero attached hydrogens (tertiary/aromatic N) is 1. The van der Waals surface area contributed by atoms with E-state index in [0.29, 0.717) is 42.5 Å². The Kier molecular flexibility index (Phi) is 5.93. The van der Waals surface area contributed by atoms with E-state index in [1.807, 2.05) is 6.92 Å². The Bertz CT molecular complexity index is 644. The molecule has 2 amide bonds. The minimum absolute atomic E-state index is 0.0787. The Morgan fingerprint density at radius 1 is 1.32 bits per heavy atom. The van der Waals surface area contributed by atoms with Gasteiger partial charge in [-0.1, -0.05) is 13.8 Å². The van der Waals surface area contributed by atoms with Gasteiger partial charge in [-0.2, -0.15) is 0 Å². The van der Waals surface area contributed by atoms with Crippen molar-refractivity contribution in [2.75, 3.05) is 25.7 Å². The molecule has 25 heavy (non-hydrogen) atoms. The molecule has 1 unspecified atom stereocenters. The second kappa shape index (κ2) is 7.76. The number of carbonyl (C=O) groups is 2. The smallest absolute Gasteiger partial charge is 0.246 e. The molecule has 0 aliphatic carbocycles. The van der Waals surface area contributed by atoms with Crippen LogP contribution in [0.3, 0.4) is 0 Å². The largest absolute Gasteiger partial charge is 0.497 e. The Hall–Kier alpha value is -2.24. The third-order valence-corrected chi connectivity index (χ3v) is 4.69. The van der Waals surface area contributed by atoms with Gasteiger partial charge in [-0.3, -0.25) is 14.5 Å². The molecule has 2 rings (SSSR count). The highest BCUT2D eigenvalue weighted by atomic mass is 16.5. The van der Waals surface area contributed by atoms with E-state index in [0.717, 1.165) is 6.42 Å². The van der Waals surface area contributed by atoms with E-state index in [1.54, 1.807) is 37.3 Å². The first-order valence-electron chi connectivity index (χ1n) is 8.67. The molecule has 138 valence electrons. The first-order valence-corrected chi connectivity index (χ1v) is 8.67. The van der Waals surface area contributed by atoms with Crippen LogP contribution in [0.15, 0.2) is 18.2 Å². The van der Waals surface area contributed by atoms with Crippen molar-refractivity contribution in [1.29, 1.82) is 0 Å². The molecule has 0 aromatic heterocycles. The van der Waals surface area contributed by atoms with Gasteiger partial charge in [-0.05, 0) is 37.8 Å². The Morgan fingerprint density at radius 2 is 2.04 bits per heavy atom. The minimum atomic E-state index is -0.921. The van der Waals surface area contributed by atoms with Gasteiger partial charge in [0.25, 0.3) is 0 Å². The maximum atomic E-state index is 12.8. The number of anilines is 1. The first kappa shape index (κ1) is 19.1. The molecule has 1 aliphatic rings. The molecular formula is C19H28N2O4. The summed E-state index contributed by atoms with van der Waals surface area (Å²) in [6.45, 7) is 6.64. The number of amides is 2. The molecule has 1 heterocycles. The number of nitrogens with one attached hydrogen (secondary N) is 1. The molecule has 1 saturated heterocycles. The van der Waals surface area contributed by atoms with Crippen molar-refractivity contribution in [3.8, 4) is 11.5 Å². The fourth-order valence-corrected chi connectivity index (χ4v) is 3.10. The lowest BCUT2D eigenvalue weighted by atomic mass is 9.96. The van der Waals surface area contributed by atoms with Gasteiger partial charge in [-0.15, -0.1) is 0 Å². The number of ether oxygens (including phenoxy) is 2. The van der Waals surface area contributed by atoms with Crippen LogP contribution in [0, 0.1) is 5.92 Å². The van der Waals surface area contributed by atoms with Crippen LogP contribution in [0.4, 0.5) is 5.69 Å². The van der Waals surface area contributed by atoms with Gasteiger partial charge in [0.05, 0.1) is 19.9 Å². The molecule has 6 nitrogen and oxygen atoms in total. The molecule has 6 heteroatoms. The van der Waals surface area contributed by atoms with Crippen molar-refractivity contribution in [1.82, 2.24) is 5.32 Å². The van der Waals surface area contributed by atoms with Gasteiger partial charge in [-0.25, -0.2) is 0 Å². The fraction of sp³-hybridized carbons (Fsp3) is 0.579. The lowest BCUT2D eigenvalue weighted by Gasteiger charge is -2.34. The summed E-state index contributed by atoms with van der Waals surface area (Å²) in [6.07, 6.45) is 1.72. The summed E-state index contributed by atoms with van der Waals surface area (Å²) >= 11 is 0. The SMILES string of the molecule is COc1ccc(N2C(=O)CCC2(C)C(=O)NCCC(C)C)c(OC)c1. The third-order valence-electron chi connectivity index (χ3n) is 4.69. The predicted octanol–water partition coefficient (Wildman–Crippen LogP) is 2.75. The molecule has 0 saturated carbocycles. The standard InChI is InChI=1S/C19H28N2O4/c1-13(2)9-11-20-18(23)19(3)10-8-17(22)21(19)15-7-6-14(24-4)12-16(15)25-5/h6-7,12-13H,8-11H2,1-5H3,(H,20,23). The molecule has 1 atom stereocenters. The summed E-state index contributed by atoms with van der Waals surface area (Å²) in [5.41, 5.74) is -0.331. The van der Waals surface area contributed by atoms with Gasteiger partial charge in [0.1, 0.15) is 17.0 Å². The zero-order valence-electron chi connectivity index (χ0n) is 15.7. The second-order valence-corrected chi connectivity index (χ2v) is 6.98. The van der Waals surface area contributed by atoms with Crippen molar-refractivity contribution in [2.24, 2.45) is 5.92 Å². The highest BCUT2D eigenvalue weighted by Gasteiger charge is 2.48. The highest BCUT2D eigenvalue weighted by Crippen LogP contribution is 2.41. The molecule has 1 aliphatic heterocycles. The highest BCUT2D eigenvalue weighted by molar-refractivity contribution is 6.07. The van der Waals surface area contributed by atoms with E-state index in [1.165, 1.54) is 0 Å². The molecule has 1 N–H and O–H groups in total. The van der Waals surface area contributed by atoms with Crippen LogP contribution < -0.4 is 19.7 Å². The van der Waals surface area contributed by atoms with E-state index in [4.69, 9.17) is 9.47 Å². The van der Waals surface area contributed by atoms with Gasteiger partial charge in [0.2, 0.25) is 11.8 Å². The molecule has 1 fully saturated rings. The molecular weight excluding hydrogens is 320 g/mol. The van der Waals surface area contributed by atoms with E-state index < -0.39 is 5.54 Å². The van der Waals surface area contributed by atoms with Gasteiger partial charge < -0.3 is 14.8 Å². The quantitative estimate of drug-likeness (QED) is 0.823. The zero-order chi connectivity index (χ0) is 18.6. The summed E-state index contributed by atoms with van der Waals surface area (Å²) < 4.78 is 10.6. The zero-order valence-corrected chi connectivity index (χ0v) is 15.7. The van der Waals surface area contributed by atoms with E-state index in [9.17, 15) is 9.59 Å². The molecule has 0 radical (unpaired) electrons. The van der Waals surface area contributed by atoms with Crippen molar-refractivity contribution in [2.45, 2.75) is 45.6 Å². The van der Waals surface area contributed by atoms with Crippen LogP contribution in [0.25, 0.3) is 0 Å². The number of carbonyl (C=O) groups excluding carboxylic acids is 2. The van der Waals surface area contributed by atoms with Gasteiger partial charge in [0, 0.05) is 19.0 Å². The van der Waals surface area contributed by atoms with Crippen LogP contribution in [-0.4, -0.2) is 38.1 Å². The number of hydrogen-bond acceptors (Lipinski definition) is 4. The topological polar surface area (TPSA) is 67.9 Å². The lowest BCUT2D eigenvalue weighted by molar-refractivity contribution is -0.127. The number of hydrogen-bond donors (Lipinski definition) is 1. The van der Waals surface area contributed by atoms with Crippen LogP contribution in [0.1, 0.15) is 40.0 Å². The van der Waals surface area contributed by atoms with Crippen LogP contribution in [0.5, 0.6) is 11.5 Å². The van der Waals surface area contributed by atoms with Crippen molar-refractivity contribution in [3.05, 3.63) is 18.2 Å². The Balaban J connectivity index is 2.31. The average molecular weight is 348 g/mol. The minimum Gasteiger partial charge on any atom is -0.497 e. The van der Waals surface area contributed by atoms with Crippen LogP contribution >= 0.6 is 0 Å². The monoisotopic (exact) mass is 348 g/mol. The second-order valence-electron chi connectivity index (χ2n) is 6.98. The summed E-state index contributed by atoms with van der Waals surface area (Å²) in [5, 5.41) is 2.98.